The van der Waals surface area contributed by atoms with Gasteiger partial charge >= 0.3 is 12.0 Å². The molecule has 3 aromatic rings. The van der Waals surface area contributed by atoms with Gasteiger partial charge in [-0.1, -0.05) is 60.7 Å². The third-order valence-electron chi connectivity index (χ3n) is 4.41. The number of rotatable bonds is 10. The van der Waals surface area contributed by atoms with Gasteiger partial charge in [-0.15, -0.1) is 0 Å². The van der Waals surface area contributed by atoms with Crippen LogP contribution in [0, 0.1) is 0 Å². The van der Waals surface area contributed by atoms with Gasteiger partial charge in [0.05, 0.1) is 24.6 Å². The van der Waals surface area contributed by atoms with Crippen LogP contribution in [0.1, 0.15) is 32.6 Å². The lowest BCUT2D eigenvalue weighted by atomic mass is 10.1. The smallest absolute Gasteiger partial charge is 0.317 e. The van der Waals surface area contributed by atoms with Gasteiger partial charge in [0.15, 0.2) is 0 Å². The second kappa shape index (κ2) is 11.0. The maximum atomic E-state index is 11.4. The van der Waals surface area contributed by atoms with Crippen LogP contribution in [0.5, 0.6) is 6.01 Å². The van der Waals surface area contributed by atoms with E-state index < -0.39 is 0 Å². The Labute approximate surface area is 171 Å². The van der Waals surface area contributed by atoms with Crippen LogP contribution in [0.4, 0.5) is 0 Å². The first-order valence-electron chi connectivity index (χ1n) is 10.0. The minimum Gasteiger partial charge on any atom is -0.466 e. The Balaban J connectivity index is 1.65. The number of esters is 1. The highest BCUT2D eigenvalue weighted by molar-refractivity contribution is 5.69. The monoisotopic (exact) mass is 390 g/mol. The number of ether oxygens (including phenoxy) is 2. The molecule has 1 heterocycles. The lowest BCUT2D eigenvalue weighted by Gasteiger charge is -2.10. The molecule has 0 N–H and O–H groups in total. The van der Waals surface area contributed by atoms with Gasteiger partial charge in [-0.05, 0) is 32.3 Å². The van der Waals surface area contributed by atoms with Gasteiger partial charge in [0, 0.05) is 17.5 Å². The van der Waals surface area contributed by atoms with Gasteiger partial charge < -0.3 is 9.47 Å². The summed E-state index contributed by atoms with van der Waals surface area (Å²) in [5.74, 6) is -0.139. The molecule has 0 amide bonds. The highest BCUT2D eigenvalue weighted by Crippen LogP contribution is 2.25. The van der Waals surface area contributed by atoms with Crippen molar-refractivity contribution in [2.24, 2.45) is 0 Å². The van der Waals surface area contributed by atoms with Crippen LogP contribution in [0.2, 0.25) is 0 Å². The summed E-state index contributed by atoms with van der Waals surface area (Å²) >= 11 is 0. The van der Waals surface area contributed by atoms with E-state index in [0.29, 0.717) is 25.6 Å². The van der Waals surface area contributed by atoms with E-state index in [-0.39, 0.29) is 5.97 Å². The Morgan fingerprint density at radius 1 is 0.828 bits per heavy atom. The summed E-state index contributed by atoms with van der Waals surface area (Å²) in [6.45, 7) is 2.76. The maximum Gasteiger partial charge on any atom is 0.317 e. The average molecular weight is 390 g/mol. The van der Waals surface area contributed by atoms with Crippen molar-refractivity contribution < 1.29 is 14.3 Å². The van der Waals surface area contributed by atoms with Gasteiger partial charge in [0.2, 0.25) is 0 Å². The topological polar surface area (TPSA) is 61.3 Å². The van der Waals surface area contributed by atoms with Crippen LogP contribution in [0.25, 0.3) is 22.5 Å². The van der Waals surface area contributed by atoms with Gasteiger partial charge in [-0.2, -0.15) is 9.97 Å². The molecule has 0 bridgehead atoms. The summed E-state index contributed by atoms with van der Waals surface area (Å²) in [6, 6.07) is 22.4. The second-order valence-electron chi connectivity index (χ2n) is 6.62. The van der Waals surface area contributed by atoms with Crippen LogP contribution >= 0.6 is 0 Å². The van der Waals surface area contributed by atoms with E-state index >= 15 is 0 Å². The van der Waals surface area contributed by atoms with Crippen molar-refractivity contribution in [2.45, 2.75) is 32.6 Å². The van der Waals surface area contributed by atoms with Crippen LogP contribution in [-0.4, -0.2) is 29.2 Å². The van der Waals surface area contributed by atoms with Crippen LogP contribution < -0.4 is 4.74 Å². The predicted octanol–water partition coefficient (Wildman–Crippen LogP) is 5.31. The number of unbranched alkanes of at least 4 members (excludes halogenated alkanes) is 2. The van der Waals surface area contributed by atoms with Crippen molar-refractivity contribution in [1.82, 2.24) is 9.97 Å². The molecule has 0 aliphatic heterocycles. The summed E-state index contributed by atoms with van der Waals surface area (Å²) in [7, 11) is 0. The Morgan fingerprint density at radius 2 is 1.41 bits per heavy atom. The first kappa shape index (κ1) is 20.5. The number of carbonyl (C=O) groups is 1. The zero-order valence-electron chi connectivity index (χ0n) is 16.7. The van der Waals surface area contributed by atoms with Crippen molar-refractivity contribution in [3.05, 3.63) is 66.7 Å². The van der Waals surface area contributed by atoms with E-state index in [9.17, 15) is 4.79 Å². The Hall–Kier alpha value is -3.21. The van der Waals surface area contributed by atoms with E-state index in [4.69, 9.17) is 9.47 Å². The summed E-state index contributed by atoms with van der Waals surface area (Å²) < 4.78 is 10.8. The Bertz CT molecular complexity index is 841. The summed E-state index contributed by atoms with van der Waals surface area (Å²) in [4.78, 5) is 20.6. The fourth-order valence-electron chi connectivity index (χ4n) is 2.95. The lowest BCUT2D eigenvalue weighted by Crippen LogP contribution is -2.05. The highest BCUT2D eigenvalue weighted by atomic mass is 16.5. The molecule has 3 rings (SSSR count). The molecule has 0 saturated heterocycles. The fraction of sp³-hybridized carbons (Fsp3) is 0.292. The van der Waals surface area contributed by atoms with Crippen LogP contribution in [0.3, 0.4) is 0 Å². The summed E-state index contributed by atoms with van der Waals surface area (Å²) in [5, 5.41) is 0. The fourth-order valence-corrected chi connectivity index (χ4v) is 2.95. The van der Waals surface area contributed by atoms with E-state index in [1.54, 1.807) is 0 Å². The number of hydrogen-bond donors (Lipinski definition) is 0. The van der Waals surface area contributed by atoms with Crippen molar-refractivity contribution in [3.8, 4) is 28.5 Å². The number of aromatic nitrogens is 2. The van der Waals surface area contributed by atoms with E-state index in [0.717, 1.165) is 41.8 Å². The van der Waals surface area contributed by atoms with Crippen molar-refractivity contribution in [1.29, 1.82) is 0 Å². The maximum absolute atomic E-state index is 11.4. The number of benzene rings is 2. The molecular formula is C24H26N2O3. The minimum absolute atomic E-state index is 0.139. The molecule has 2 aromatic carbocycles. The molecule has 5 heteroatoms. The average Bonchev–Trinajstić information content (AvgIpc) is 2.77. The molecule has 0 fully saturated rings. The quantitative estimate of drug-likeness (QED) is 0.347. The molecule has 1 aromatic heterocycles. The van der Waals surface area contributed by atoms with Crippen LogP contribution in [0.15, 0.2) is 66.7 Å². The number of carbonyl (C=O) groups excluding carboxylic acids is 1. The second-order valence-corrected chi connectivity index (χ2v) is 6.62. The normalized spacial score (nSPS) is 10.5. The number of hydrogen-bond acceptors (Lipinski definition) is 5. The molecule has 150 valence electrons. The van der Waals surface area contributed by atoms with Crippen LogP contribution in [-0.2, 0) is 9.53 Å². The molecule has 0 atom stereocenters. The van der Waals surface area contributed by atoms with Gasteiger partial charge in [0.1, 0.15) is 0 Å². The van der Waals surface area contributed by atoms with E-state index in [1.807, 2.05) is 73.7 Å². The largest absolute Gasteiger partial charge is 0.466 e. The molecule has 0 unspecified atom stereocenters. The molecule has 0 radical (unpaired) electrons. The standard InChI is InChI=1S/C24H26N2O3/c1-2-28-23(27)16-10-5-11-17-29-24-25-21(19-12-6-3-7-13-19)18-22(26-24)20-14-8-4-9-15-20/h3-4,6-9,12-15,18H,2,5,10-11,16-17H2,1H3. The highest BCUT2D eigenvalue weighted by Gasteiger charge is 2.09. The Kier molecular flexibility index (Phi) is 7.75. The van der Waals surface area contributed by atoms with E-state index in [1.165, 1.54) is 0 Å². The number of nitrogens with zero attached hydrogens (tertiary/aromatic N) is 2. The molecule has 0 saturated carbocycles. The van der Waals surface area contributed by atoms with Crippen molar-refractivity contribution in [2.75, 3.05) is 13.2 Å². The zero-order valence-corrected chi connectivity index (χ0v) is 16.7. The molecule has 0 aliphatic carbocycles. The third kappa shape index (κ3) is 6.42. The van der Waals surface area contributed by atoms with Gasteiger partial charge in [0.25, 0.3) is 0 Å². The SMILES string of the molecule is CCOC(=O)CCCCCOc1nc(-c2ccccc2)cc(-c2ccccc2)n1. The molecule has 29 heavy (non-hydrogen) atoms. The van der Waals surface area contributed by atoms with Gasteiger partial charge in [-0.3, -0.25) is 4.79 Å². The minimum atomic E-state index is -0.139. The van der Waals surface area contributed by atoms with Crippen molar-refractivity contribution >= 4 is 5.97 Å². The zero-order chi connectivity index (χ0) is 20.3. The molecule has 5 nitrogen and oxygen atoms in total. The third-order valence-corrected chi connectivity index (χ3v) is 4.41. The lowest BCUT2D eigenvalue weighted by molar-refractivity contribution is -0.143. The molecule has 0 spiro atoms. The first-order valence-corrected chi connectivity index (χ1v) is 10.0. The van der Waals surface area contributed by atoms with Crippen molar-refractivity contribution in [3.63, 3.8) is 0 Å². The summed E-state index contributed by atoms with van der Waals surface area (Å²) in [5.41, 5.74) is 3.70. The molecule has 0 aliphatic rings. The Morgan fingerprint density at radius 3 is 1.97 bits per heavy atom. The van der Waals surface area contributed by atoms with Gasteiger partial charge in [-0.25, -0.2) is 0 Å². The predicted molar refractivity (Wildman–Crippen MR) is 114 cm³/mol. The molecular weight excluding hydrogens is 364 g/mol. The van der Waals surface area contributed by atoms with E-state index in [2.05, 4.69) is 9.97 Å². The summed E-state index contributed by atoms with van der Waals surface area (Å²) in [6.07, 6.45) is 2.97. The first-order chi connectivity index (χ1) is 14.3.